The van der Waals surface area contributed by atoms with Crippen LogP contribution >= 0.6 is 34.5 Å². The van der Waals surface area contributed by atoms with Crippen molar-refractivity contribution in [2.45, 2.75) is 6.42 Å². The highest BCUT2D eigenvalue weighted by molar-refractivity contribution is 7.10. The smallest absolute Gasteiger partial charge is 0.155 e. The van der Waals surface area contributed by atoms with E-state index in [0.717, 1.165) is 21.8 Å². The van der Waals surface area contributed by atoms with E-state index in [9.17, 15) is 0 Å². The van der Waals surface area contributed by atoms with E-state index in [1.165, 1.54) is 0 Å². The standard InChI is InChI=1S/C14H9Cl2N3S/c15-12-6-10(14(16)19-18-12)7-13-17-11(8-20-13)9-4-2-1-3-5-9/h1-6,8H,7H2. The summed E-state index contributed by atoms with van der Waals surface area (Å²) in [5.74, 6) is 0. The average molecular weight is 322 g/mol. The normalized spacial score (nSPS) is 10.7. The first-order valence-electron chi connectivity index (χ1n) is 5.90. The highest BCUT2D eigenvalue weighted by Crippen LogP contribution is 2.25. The van der Waals surface area contributed by atoms with E-state index in [4.69, 9.17) is 23.2 Å². The fourth-order valence-electron chi connectivity index (χ4n) is 1.81. The van der Waals surface area contributed by atoms with Crippen molar-refractivity contribution in [1.29, 1.82) is 0 Å². The lowest BCUT2D eigenvalue weighted by Gasteiger charge is -2.00. The Bertz CT molecular complexity index is 728. The minimum Gasteiger partial charge on any atom is -0.241 e. The SMILES string of the molecule is Clc1cc(Cc2nc(-c3ccccc3)cs2)c(Cl)nn1. The van der Waals surface area contributed by atoms with E-state index >= 15 is 0 Å². The van der Waals surface area contributed by atoms with Gasteiger partial charge in [-0.25, -0.2) is 4.98 Å². The number of nitrogens with zero attached hydrogens (tertiary/aromatic N) is 3. The monoisotopic (exact) mass is 321 g/mol. The molecular formula is C14H9Cl2N3S. The summed E-state index contributed by atoms with van der Waals surface area (Å²) < 4.78 is 0. The van der Waals surface area contributed by atoms with Crippen molar-refractivity contribution in [2.75, 3.05) is 0 Å². The molecule has 0 unspecified atom stereocenters. The minimum atomic E-state index is 0.337. The predicted molar refractivity (Wildman–Crippen MR) is 82.4 cm³/mol. The molecule has 2 heterocycles. The summed E-state index contributed by atoms with van der Waals surface area (Å²) in [5, 5.41) is 11.2. The molecule has 0 aliphatic carbocycles. The van der Waals surface area contributed by atoms with Crippen LogP contribution in [0.3, 0.4) is 0 Å². The number of benzene rings is 1. The first-order chi connectivity index (χ1) is 9.72. The van der Waals surface area contributed by atoms with Crippen molar-refractivity contribution in [3.05, 3.63) is 62.7 Å². The molecule has 0 fully saturated rings. The van der Waals surface area contributed by atoms with Gasteiger partial charge in [0.05, 0.1) is 10.7 Å². The van der Waals surface area contributed by atoms with Crippen LogP contribution in [0.4, 0.5) is 0 Å². The molecule has 0 spiro atoms. The van der Waals surface area contributed by atoms with Crippen molar-refractivity contribution in [3.8, 4) is 11.3 Å². The van der Waals surface area contributed by atoms with Gasteiger partial charge in [0.15, 0.2) is 10.3 Å². The third-order valence-corrected chi connectivity index (χ3v) is 4.11. The lowest BCUT2D eigenvalue weighted by molar-refractivity contribution is 0.991. The van der Waals surface area contributed by atoms with E-state index < -0.39 is 0 Å². The third-order valence-electron chi connectivity index (χ3n) is 2.75. The molecule has 0 bridgehead atoms. The fraction of sp³-hybridized carbons (Fsp3) is 0.0714. The maximum atomic E-state index is 6.01. The Morgan fingerprint density at radius 1 is 1.05 bits per heavy atom. The van der Waals surface area contributed by atoms with E-state index in [1.807, 2.05) is 35.7 Å². The van der Waals surface area contributed by atoms with Crippen LogP contribution in [-0.4, -0.2) is 15.2 Å². The Morgan fingerprint density at radius 2 is 1.85 bits per heavy atom. The molecule has 3 rings (SSSR count). The van der Waals surface area contributed by atoms with Gasteiger partial charge in [0.25, 0.3) is 0 Å². The molecule has 100 valence electrons. The zero-order valence-electron chi connectivity index (χ0n) is 10.3. The molecule has 20 heavy (non-hydrogen) atoms. The molecule has 3 aromatic rings. The maximum Gasteiger partial charge on any atom is 0.155 e. The van der Waals surface area contributed by atoms with Gasteiger partial charge < -0.3 is 0 Å². The second kappa shape index (κ2) is 5.87. The lowest BCUT2D eigenvalue weighted by atomic mass is 10.2. The topological polar surface area (TPSA) is 38.7 Å². The lowest BCUT2D eigenvalue weighted by Crippen LogP contribution is -1.94. The predicted octanol–water partition coefficient (Wildman–Crippen LogP) is 4.50. The molecule has 0 radical (unpaired) electrons. The van der Waals surface area contributed by atoms with Gasteiger partial charge in [-0.15, -0.1) is 21.5 Å². The minimum absolute atomic E-state index is 0.337. The maximum absolute atomic E-state index is 6.01. The number of rotatable bonds is 3. The molecule has 0 N–H and O–H groups in total. The molecule has 0 atom stereocenters. The van der Waals surface area contributed by atoms with E-state index in [1.54, 1.807) is 17.4 Å². The van der Waals surface area contributed by atoms with Crippen molar-refractivity contribution in [2.24, 2.45) is 0 Å². The van der Waals surface area contributed by atoms with Crippen LogP contribution in [0.25, 0.3) is 11.3 Å². The molecule has 6 heteroatoms. The van der Waals surface area contributed by atoms with Gasteiger partial charge in [0.2, 0.25) is 0 Å². The van der Waals surface area contributed by atoms with E-state index in [-0.39, 0.29) is 0 Å². The summed E-state index contributed by atoms with van der Waals surface area (Å²) in [6.45, 7) is 0. The fourth-order valence-corrected chi connectivity index (χ4v) is 2.96. The number of halogens is 2. The molecule has 0 saturated carbocycles. The van der Waals surface area contributed by atoms with Crippen LogP contribution in [0.15, 0.2) is 41.8 Å². The Hall–Kier alpha value is -1.49. The quantitative estimate of drug-likeness (QED) is 0.713. The summed E-state index contributed by atoms with van der Waals surface area (Å²) in [7, 11) is 0. The van der Waals surface area contributed by atoms with Gasteiger partial charge in [-0.3, -0.25) is 0 Å². The molecule has 0 amide bonds. The summed E-state index contributed by atoms with van der Waals surface area (Å²) in [4.78, 5) is 4.62. The zero-order valence-corrected chi connectivity index (χ0v) is 12.6. The number of hydrogen-bond donors (Lipinski definition) is 0. The molecule has 0 aliphatic heterocycles. The highest BCUT2D eigenvalue weighted by atomic mass is 35.5. The van der Waals surface area contributed by atoms with Crippen LogP contribution in [0, 0.1) is 0 Å². The Morgan fingerprint density at radius 3 is 2.65 bits per heavy atom. The Labute approximate surface area is 130 Å². The van der Waals surface area contributed by atoms with Gasteiger partial charge in [-0.1, -0.05) is 53.5 Å². The summed E-state index contributed by atoms with van der Waals surface area (Å²) in [5.41, 5.74) is 2.91. The van der Waals surface area contributed by atoms with Gasteiger partial charge in [-0.2, -0.15) is 0 Å². The van der Waals surface area contributed by atoms with Crippen molar-refractivity contribution >= 4 is 34.5 Å². The second-order valence-electron chi connectivity index (χ2n) is 4.15. The second-order valence-corrected chi connectivity index (χ2v) is 5.84. The van der Waals surface area contributed by atoms with Gasteiger partial charge in [-0.05, 0) is 6.07 Å². The van der Waals surface area contributed by atoms with Crippen LogP contribution in [0.5, 0.6) is 0 Å². The number of hydrogen-bond acceptors (Lipinski definition) is 4. The Balaban J connectivity index is 1.86. The summed E-state index contributed by atoms with van der Waals surface area (Å²) >= 11 is 13.4. The van der Waals surface area contributed by atoms with Crippen LogP contribution in [0.1, 0.15) is 10.6 Å². The zero-order chi connectivity index (χ0) is 13.9. The van der Waals surface area contributed by atoms with Crippen LogP contribution in [0.2, 0.25) is 10.3 Å². The molecular weight excluding hydrogens is 313 g/mol. The molecule has 2 aromatic heterocycles. The van der Waals surface area contributed by atoms with Crippen molar-refractivity contribution < 1.29 is 0 Å². The van der Waals surface area contributed by atoms with E-state index in [2.05, 4.69) is 15.2 Å². The van der Waals surface area contributed by atoms with Crippen molar-refractivity contribution in [1.82, 2.24) is 15.2 Å². The summed E-state index contributed by atoms with van der Waals surface area (Å²) in [6, 6.07) is 11.8. The third kappa shape index (κ3) is 2.98. The number of aromatic nitrogens is 3. The van der Waals surface area contributed by atoms with Crippen LogP contribution < -0.4 is 0 Å². The molecule has 3 nitrogen and oxygen atoms in total. The van der Waals surface area contributed by atoms with Gasteiger partial charge >= 0.3 is 0 Å². The van der Waals surface area contributed by atoms with Crippen molar-refractivity contribution in [3.63, 3.8) is 0 Å². The average Bonchev–Trinajstić information content (AvgIpc) is 2.92. The first kappa shape index (κ1) is 13.5. The first-order valence-corrected chi connectivity index (χ1v) is 7.53. The number of thiazole rings is 1. The van der Waals surface area contributed by atoms with Crippen LogP contribution in [-0.2, 0) is 6.42 Å². The Kier molecular flexibility index (Phi) is 3.96. The highest BCUT2D eigenvalue weighted by Gasteiger charge is 2.09. The molecule has 0 saturated heterocycles. The van der Waals surface area contributed by atoms with E-state index in [0.29, 0.717) is 16.7 Å². The molecule has 0 aliphatic rings. The molecule has 1 aromatic carbocycles. The summed E-state index contributed by atoms with van der Waals surface area (Å²) in [6.07, 6.45) is 0.603. The van der Waals surface area contributed by atoms with Gasteiger partial charge in [0.1, 0.15) is 0 Å². The largest absolute Gasteiger partial charge is 0.241 e. The van der Waals surface area contributed by atoms with Gasteiger partial charge in [0, 0.05) is 22.9 Å².